The van der Waals surface area contributed by atoms with Crippen LogP contribution in [0, 0.1) is 0 Å². The van der Waals surface area contributed by atoms with Crippen LogP contribution in [0.1, 0.15) is 6.92 Å². The summed E-state index contributed by atoms with van der Waals surface area (Å²) in [5.74, 6) is 0. The fraction of sp³-hybridized carbons (Fsp3) is 0.333. The molecule has 2 heteroatoms. The first-order valence-electron chi connectivity index (χ1n) is 1.20. The van der Waals surface area contributed by atoms with Crippen molar-refractivity contribution >= 4 is 11.6 Å². The zero-order valence-electron chi connectivity index (χ0n) is 2.83. The molecule has 0 aliphatic heterocycles. The highest BCUT2D eigenvalue weighted by Gasteiger charge is 1.68. The molecule has 0 amide bonds. The summed E-state index contributed by atoms with van der Waals surface area (Å²) >= 11 is 4.95. The lowest BCUT2D eigenvalue weighted by Crippen LogP contribution is -1.43. The van der Waals surface area contributed by atoms with Crippen LogP contribution in [-0.2, 0) is 0 Å². The standard InChI is InChI=1S/C3H4ClF/c1-3(4)2-5/h2H,1H3. The molecule has 0 aliphatic carbocycles. The van der Waals surface area contributed by atoms with Crippen molar-refractivity contribution in [1.29, 1.82) is 0 Å². The van der Waals surface area contributed by atoms with Gasteiger partial charge in [0.25, 0.3) is 0 Å². The normalized spacial score (nSPS) is 12.2. The number of halogens is 2. The van der Waals surface area contributed by atoms with Gasteiger partial charge in [0.1, 0.15) is 6.33 Å². The van der Waals surface area contributed by atoms with Crippen LogP contribution in [0.5, 0.6) is 0 Å². The van der Waals surface area contributed by atoms with Gasteiger partial charge in [0.2, 0.25) is 0 Å². The van der Waals surface area contributed by atoms with Gasteiger partial charge in [-0.1, -0.05) is 11.6 Å². The highest BCUT2D eigenvalue weighted by molar-refractivity contribution is 6.29. The predicted molar refractivity (Wildman–Crippen MR) is 20.7 cm³/mol. The van der Waals surface area contributed by atoms with Crippen LogP contribution in [0.25, 0.3) is 0 Å². The molecule has 0 aromatic heterocycles. The number of allylic oxidation sites excluding steroid dienone is 1. The van der Waals surface area contributed by atoms with E-state index < -0.39 is 0 Å². The van der Waals surface area contributed by atoms with Crippen LogP contribution in [0.4, 0.5) is 4.39 Å². The summed E-state index contributed by atoms with van der Waals surface area (Å²) < 4.78 is 10.8. The third-order valence-corrected chi connectivity index (χ3v) is 0.233. The van der Waals surface area contributed by atoms with Crippen molar-refractivity contribution in [2.24, 2.45) is 0 Å². The molecule has 0 unspecified atom stereocenters. The van der Waals surface area contributed by atoms with Gasteiger partial charge in [0.05, 0.1) is 0 Å². The van der Waals surface area contributed by atoms with Gasteiger partial charge in [-0.05, 0) is 6.92 Å². The van der Waals surface area contributed by atoms with Crippen molar-refractivity contribution in [3.8, 4) is 0 Å². The van der Waals surface area contributed by atoms with Crippen molar-refractivity contribution in [3.05, 3.63) is 11.4 Å². The van der Waals surface area contributed by atoms with E-state index in [4.69, 9.17) is 11.6 Å². The maximum absolute atomic E-state index is 10.8. The molecule has 0 radical (unpaired) electrons. The van der Waals surface area contributed by atoms with Gasteiger partial charge in [-0.3, -0.25) is 0 Å². The molecule has 0 aromatic rings. The van der Waals surface area contributed by atoms with Crippen molar-refractivity contribution in [1.82, 2.24) is 0 Å². The lowest BCUT2D eigenvalue weighted by Gasteiger charge is -1.66. The molecule has 0 bridgehead atoms. The molecular formula is C3H4ClF. The minimum atomic E-state index is 0.185. The monoisotopic (exact) mass is 94.0 g/mol. The molecule has 0 saturated heterocycles. The van der Waals surface area contributed by atoms with Gasteiger partial charge >= 0.3 is 0 Å². The Morgan fingerprint density at radius 3 is 2.20 bits per heavy atom. The summed E-state index contributed by atoms with van der Waals surface area (Å²) in [4.78, 5) is 0. The Morgan fingerprint density at radius 1 is 2.00 bits per heavy atom. The van der Waals surface area contributed by atoms with Crippen LogP contribution in [0.3, 0.4) is 0 Å². The summed E-state index contributed by atoms with van der Waals surface area (Å²) in [6, 6.07) is 0. The summed E-state index contributed by atoms with van der Waals surface area (Å²) in [5, 5.41) is 0.185. The second-order valence-electron chi connectivity index (χ2n) is 0.696. The summed E-state index contributed by atoms with van der Waals surface area (Å²) in [6.45, 7) is 1.47. The summed E-state index contributed by atoms with van der Waals surface area (Å²) in [6.07, 6.45) is 0.349. The lowest BCUT2D eigenvalue weighted by atomic mass is 10.7. The summed E-state index contributed by atoms with van der Waals surface area (Å²) in [7, 11) is 0. The first-order chi connectivity index (χ1) is 2.27. The molecule has 0 rings (SSSR count). The predicted octanol–water partition coefficient (Wildman–Crippen LogP) is 2.06. The number of rotatable bonds is 0. The van der Waals surface area contributed by atoms with E-state index in [0.29, 0.717) is 6.33 Å². The molecule has 0 aliphatic rings. The number of hydrogen-bond acceptors (Lipinski definition) is 0. The third kappa shape index (κ3) is 3.96. The van der Waals surface area contributed by atoms with Crippen molar-refractivity contribution in [2.45, 2.75) is 6.92 Å². The minimum absolute atomic E-state index is 0.185. The zero-order chi connectivity index (χ0) is 4.28. The zero-order valence-corrected chi connectivity index (χ0v) is 3.59. The average molecular weight is 94.5 g/mol. The van der Waals surface area contributed by atoms with E-state index in [1.54, 1.807) is 0 Å². The molecule has 0 spiro atoms. The fourth-order valence-electron chi connectivity index (χ4n) is 0. The average Bonchev–Trinajstić information content (AvgIpc) is 1.38. The van der Waals surface area contributed by atoms with Gasteiger partial charge < -0.3 is 0 Å². The Bertz CT molecular complexity index is 44.9. The number of hydrogen-bond donors (Lipinski definition) is 0. The fourth-order valence-corrected chi connectivity index (χ4v) is 0. The van der Waals surface area contributed by atoms with Crippen LogP contribution >= 0.6 is 11.6 Å². The first kappa shape index (κ1) is 4.96. The van der Waals surface area contributed by atoms with E-state index in [0.717, 1.165) is 0 Å². The van der Waals surface area contributed by atoms with E-state index in [-0.39, 0.29) is 5.03 Å². The smallest absolute Gasteiger partial charge is 0.101 e. The second-order valence-corrected chi connectivity index (χ2v) is 1.29. The lowest BCUT2D eigenvalue weighted by molar-refractivity contribution is 0.716. The molecule has 0 aromatic carbocycles. The van der Waals surface area contributed by atoms with Crippen molar-refractivity contribution < 1.29 is 4.39 Å². The Balaban J connectivity index is 3.14. The highest BCUT2D eigenvalue weighted by Crippen LogP contribution is 1.95. The molecule has 30 valence electrons. The molecule has 0 atom stereocenters. The maximum Gasteiger partial charge on any atom is 0.101 e. The third-order valence-electron chi connectivity index (χ3n) is 0.150. The van der Waals surface area contributed by atoms with Gasteiger partial charge in [-0.15, -0.1) is 0 Å². The molecule has 0 saturated carbocycles. The Labute approximate surface area is 35.2 Å². The molecule has 0 fully saturated rings. The van der Waals surface area contributed by atoms with Gasteiger partial charge in [-0.25, -0.2) is 4.39 Å². The minimum Gasteiger partial charge on any atom is -0.214 e. The first-order valence-corrected chi connectivity index (χ1v) is 1.57. The Hall–Kier alpha value is -0.0400. The van der Waals surface area contributed by atoms with Gasteiger partial charge in [0, 0.05) is 5.03 Å². The molecule has 5 heavy (non-hydrogen) atoms. The largest absolute Gasteiger partial charge is 0.214 e. The van der Waals surface area contributed by atoms with Crippen LogP contribution < -0.4 is 0 Å². The van der Waals surface area contributed by atoms with E-state index in [1.165, 1.54) is 6.92 Å². The maximum atomic E-state index is 10.8. The highest BCUT2D eigenvalue weighted by atomic mass is 35.5. The molecule has 0 N–H and O–H groups in total. The van der Waals surface area contributed by atoms with Crippen LogP contribution in [0.15, 0.2) is 11.4 Å². The van der Waals surface area contributed by atoms with E-state index in [1.807, 2.05) is 0 Å². The summed E-state index contributed by atoms with van der Waals surface area (Å²) in [5.41, 5.74) is 0. The topological polar surface area (TPSA) is 0 Å². The quantitative estimate of drug-likeness (QED) is 0.431. The van der Waals surface area contributed by atoms with E-state index in [9.17, 15) is 4.39 Å². The SMILES string of the molecule is CC(Cl)=CF. The van der Waals surface area contributed by atoms with Gasteiger partial charge in [-0.2, -0.15) is 0 Å². The van der Waals surface area contributed by atoms with Crippen molar-refractivity contribution in [2.75, 3.05) is 0 Å². The molecular weight excluding hydrogens is 90.5 g/mol. The van der Waals surface area contributed by atoms with E-state index in [2.05, 4.69) is 0 Å². The second kappa shape index (κ2) is 2.21. The van der Waals surface area contributed by atoms with Crippen molar-refractivity contribution in [3.63, 3.8) is 0 Å². The van der Waals surface area contributed by atoms with Crippen LogP contribution in [-0.4, -0.2) is 0 Å². The Kier molecular flexibility index (Phi) is 2.19. The molecule has 0 nitrogen and oxygen atoms in total. The van der Waals surface area contributed by atoms with Crippen LogP contribution in [0.2, 0.25) is 0 Å². The Morgan fingerprint density at radius 2 is 2.20 bits per heavy atom. The molecule has 0 heterocycles. The van der Waals surface area contributed by atoms with E-state index >= 15 is 0 Å². The van der Waals surface area contributed by atoms with Gasteiger partial charge in [0.15, 0.2) is 0 Å².